The van der Waals surface area contributed by atoms with Crippen LogP contribution in [-0.2, 0) is 4.74 Å². The van der Waals surface area contributed by atoms with Gasteiger partial charge >= 0.3 is 0 Å². The zero-order chi connectivity index (χ0) is 9.47. The van der Waals surface area contributed by atoms with E-state index in [0.29, 0.717) is 23.7 Å². The van der Waals surface area contributed by atoms with Gasteiger partial charge < -0.3 is 10.1 Å². The molecule has 76 valence electrons. The third-order valence-corrected chi connectivity index (χ3v) is 3.49. The molecular formula is C11H21NO. The largest absolute Gasteiger partial charge is 0.374 e. The van der Waals surface area contributed by atoms with E-state index < -0.39 is 0 Å². The van der Waals surface area contributed by atoms with E-state index in [4.69, 9.17) is 4.74 Å². The number of fused-ring (bicyclic) bond motifs is 2. The lowest BCUT2D eigenvalue weighted by molar-refractivity contribution is 0.0666. The number of hydrogen-bond acceptors (Lipinski definition) is 2. The molecule has 0 amide bonds. The molecule has 2 nitrogen and oxygen atoms in total. The second kappa shape index (κ2) is 3.25. The summed E-state index contributed by atoms with van der Waals surface area (Å²) in [5.74, 6) is 0. The molecule has 2 rings (SSSR count). The van der Waals surface area contributed by atoms with Gasteiger partial charge in [0.25, 0.3) is 0 Å². The van der Waals surface area contributed by atoms with Gasteiger partial charge in [-0.25, -0.2) is 0 Å². The molecule has 0 aromatic rings. The van der Waals surface area contributed by atoms with E-state index in [9.17, 15) is 0 Å². The second-order valence-corrected chi connectivity index (χ2v) is 5.22. The normalized spacial score (nSPS) is 43.4. The van der Waals surface area contributed by atoms with E-state index in [1.807, 2.05) is 0 Å². The predicted molar refractivity (Wildman–Crippen MR) is 53.8 cm³/mol. The molecule has 0 aromatic heterocycles. The summed E-state index contributed by atoms with van der Waals surface area (Å²) < 4.78 is 5.88. The van der Waals surface area contributed by atoms with Gasteiger partial charge in [-0.05, 0) is 19.3 Å². The Morgan fingerprint density at radius 3 is 2.69 bits per heavy atom. The summed E-state index contributed by atoms with van der Waals surface area (Å²) in [7, 11) is 0. The highest BCUT2D eigenvalue weighted by atomic mass is 16.5. The molecule has 2 heterocycles. The molecule has 2 bridgehead atoms. The molecule has 0 spiro atoms. The minimum atomic E-state index is 0.410. The lowest BCUT2D eigenvalue weighted by Gasteiger charge is -2.32. The van der Waals surface area contributed by atoms with Crippen LogP contribution >= 0.6 is 0 Å². The summed E-state index contributed by atoms with van der Waals surface area (Å²) in [6.07, 6.45) is 4.94. The topological polar surface area (TPSA) is 21.3 Å². The van der Waals surface area contributed by atoms with Crippen LogP contribution in [0, 0.1) is 5.41 Å². The Bertz CT molecular complexity index is 193. The standard InChI is InChI=1S/C11H21NO/c1-8(2)12-7-11(3)6-9-4-5-10(11)13-9/h8-10,12H,4-7H2,1-3H3. The third kappa shape index (κ3) is 1.75. The molecule has 2 fully saturated rings. The molecule has 3 atom stereocenters. The molecule has 0 aliphatic carbocycles. The van der Waals surface area contributed by atoms with Crippen molar-refractivity contribution < 1.29 is 4.74 Å². The minimum absolute atomic E-state index is 0.410. The maximum absolute atomic E-state index is 5.88. The Labute approximate surface area is 81.0 Å². The quantitative estimate of drug-likeness (QED) is 0.722. The van der Waals surface area contributed by atoms with Crippen molar-refractivity contribution in [2.45, 2.75) is 58.3 Å². The summed E-state index contributed by atoms with van der Waals surface area (Å²) >= 11 is 0. The number of nitrogens with one attached hydrogen (secondary N) is 1. The van der Waals surface area contributed by atoms with Gasteiger partial charge in [0.15, 0.2) is 0 Å². The second-order valence-electron chi connectivity index (χ2n) is 5.22. The van der Waals surface area contributed by atoms with E-state index in [1.165, 1.54) is 19.3 Å². The molecule has 1 N–H and O–H groups in total. The highest BCUT2D eigenvalue weighted by molar-refractivity contribution is 4.99. The molecule has 2 heteroatoms. The van der Waals surface area contributed by atoms with Crippen LogP contribution < -0.4 is 5.32 Å². The first-order valence-electron chi connectivity index (χ1n) is 5.49. The maximum atomic E-state index is 5.88. The highest BCUT2D eigenvalue weighted by Gasteiger charge is 2.48. The Kier molecular flexibility index (Phi) is 2.37. The van der Waals surface area contributed by atoms with Gasteiger partial charge in [0.1, 0.15) is 0 Å². The van der Waals surface area contributed by atoms with Gasteiger partial charge in [-0.2, -0.15) is 0 Å². The minimum Gasteiger partial charge on any atom is -0.374 e. The van der Waals surface area contributed by atoms with Gasteiger partial charge in [0.2, 0.25) is 0 Å². The van der Waals surface area contributed by atoms with Crippen molar-refractivity contribution in [1.29, 1.82) is 0 Å². The molecule has 2 saturated heterocycles. The summed E-state index contributed by atoms with van der Waals surface area (Å²) in [4.78, 5) is 0. The van der Waals surface area contributed by atoms with Crippen molar-refractivity contribution in [2.75, 3.05) is 6.54 Å². The summed E-state index contributed by atoms with van der Waals surface area (Å²) in [5, 5.41) is 3.53. The van der Waals surface area contributed by atoms with Crippen LogP contribution in [0.25, 0.3) is 0 Å². The van der Waals surface area contributed by atoms with Crippen molar-refractivity contribution >= 4 is 0 Å². The van der Waals surface area contributed by atoms with Gasteiger partial charge in [0, 0.05) is 18.0 Å². The van der Waals surface area contributed by atoms with Crippen molar-refractivity contribution in [3.8, 4) is 0 Å². The van der Waals surface area contributed by atoms with Crippen LogP contribution in [0.4, 0.5) is 0 Å². The van der Waals surface area contributed by atoms with Crippen LogP contribution in [-0.4, -0.2) is 24.8 Å². The van der Waals surface area contributed by atoms with E-state index in [1.54, 1.807) is 0 Å². The summed E-state index contributed by atoms with van der Waals surface area (Å²) in [6.45, 7) is 7.90. The predicted octanol–water partition coefficient (Wildman–Crippen LogP) is 1.94. The maximum Gasteiger partial charge on any atom is 0.0646 e. The van der Waals surface area contributed by atoms with E-state index >= 15 is 0 Å². The molecule has 3 unspecified atom stereocenters. The molecule has 13 heavy (non-hydrogen) atoms. The first-order valence-corrected chi connectivity index (χ1v) is 5.49. The van der Waals surface area contributed by atoms with E-state index in [2.05, 4.69) is 26.1 Å². The fourth-order valence-corrected chi connectivity index (χ4v) is 2.64. The molecule has 2 aliphatic heterocycles. The van der Waals surface area contributed by atoms with Gasteiger partial charge in [-0.15, -0.1) is 0 Å². The Hall–Kier alpha value is -0.0800. The van der Waals surface area contributed by atoms with Crippen molar-refractivity contribution in [1.82, 2.24) is 5.32 Å². The van der Waals surface area contributed by atoms with Crippen molar-refractivity contribution in [3.63, 3.8) is 0 Å². The monoisotopic (exact) mass is 183 g/mol. The van der Waals surface area contributed by atoms with Gasteiger partial charge in [-0.3, -0.25) is 0 Å². The van der Waals surface area contributed by atoms with Crippen LogP contribution in [0.15, 0.2) is 0 Å². The lowest BCUT2D eigenvalue weighted by atomic mass is 9.75. The molecular weight excluding hydrogens is 162 g/mol. The fourth-order valence-electron chi connectivity index (χ4n) is 2.64. The zero-order valence-electron chi connectivity index (χ0n) is 8.97. The fraction of sp³-hybridized carbons (Fsp3) is 1.00. The lowest BCUT2D eigenvalue weighted by Crippen LogP contribution is -2.41. The van der Waals surface area contributed by atoms with Crippen LogP contribution in [0.5, 0.6) is 0 Å². The van der Waals surface area contributed by atoms with E-state index in [-0.39, 0.29) is 0 Å². The van der Waals surface area contributed by atoms with Crippen LogP contribution in [0.1, 0.15) is 40.0 Å². The SMILES string of the molecule is CC(C)NCC1(C)CC2CCC1O2. The Morgan fingerprint density at radius 1 is 1.46 bits per heavy atom. The molecule has 2 aliphatic rings. The average Bonchev–Trinajstić information content (AvgIpc) is 2.60. The molecule has 0 saturated carbocycles. The van der Waals surface area contributed by atoms with Gasteiger partial charge in [0.05, 0.1) is 12.2 Å². The first kappa shape index (κ1) is 9.47. The molecule has 0 aromatic carbocycles. The Balaban J connectivity index is 1.90. The van der Waals surface area contributed by atoms with Crippen LogP contribution in [0.3, 0.4) is 0 Å². The molecule has 0 radical (unpaired) electrons. The summed E-state index contributed by atoms with van der Waals surface area (Å²) in [5.41, 5.74) is 0.410. The average molecular weight is 183 g/mol. The Morgan fingerprint density at radius 2 is 2.23 bits per heavy atom. The smallest absolute Gasteiger partial charge is 0.0646 e. The summed E-state index contributed by atoms with van der Waals surface area (Å²) in [6, 6.07) is 0.593. The van der Waals surface area contributed by atoms with Crippen molar-refractivity contribution in [3.05, 3.63) is 0 Å². The van der Waals surface area contributed by atoms with E-state index in [0.717, 1.165) is 6.54 Å². The first-order chi connectivity index (χ1) is 6.10. The number of ether oxygens (including phenoxy) is 1. The highest BCUT2D eigenvalue weighted by Crippen LogP contribution is 2.46. The number of hydrogen-bond donors (Lipinski definition) is 1. The van der Waals surface area contributed by atoms with Crippen molar-refractivity contribution in [2.24, 2.45) is 5.41 Å². The van der Waals surface area contributed by atoms with Gasteiger partial charge in [-0.1, -0.05) is 20.8 Å². The van der Waals surface area contributed by atoms with Crippen LogP contribution in [0.2, 0.25) is 0 Å². The number of rotatable bonds is 3. The third-order valence-electron chi connectivity index (χ3n) is 3.49. The zero-order valence-corrected chi connectivity index (χ0v) is 8.97.